The second-order valence-electron chi connectivity index (χ2n) is 11.2. The molecule has 38 heavy (non-hydrogen) atoms. The van der Waals surface area contributed by atoms with Crippen molar-refractivity contribution in [3.63, 3.8) is 0 Å². The highest BCUT2D eigenvalue weighted by atomic mass is 16.4. The summed E-state index contributed by atoms with van der Waals surface area (Å²) in [5.74, 6) is 5.43. The molecule has 9 nitrogen and oxygen atoms in total. The van der Waals surface area contributed by atoms with Gasteiger partial charge >= 0.3 is 5.97 Å². The van der Waals surface area contributed by atoms with E-state index in [1.165, 1.54) is 37.1 Å². The highest BCUT2D eigenvalue weighted by molar-refractivity contribution is 6.09. The lowest BCUT2D eigenvalue weighted by Gasteiger charge is -2.34. The lowest BCUT2D eigenvalue weighted by Crippen LogP contribution is -2.40. The van der Waals surface area contributed by atoms with E-state index in [-0.39, 0.29) is 29.2 Å². The van der Waals surface area contributed by atoms with Gasteiger partial charge in [-0.1, -0.05) is 31.4 Å². The largest absolute Gasteiger partial charge is 0.478 e. The summed E-state index contributed by atoms with van der Waals surface area (Å²) in [4.78, 5) is 27.1. The molecule has 1 aliphatic heterocycles. The number of likely N-dealkylation sites (tertiary alicyclic amines) is 1. The molecular weight excluding hydrogens is 480 g/mol. The highest BCUT2D eigenvalue weighted by Crippen LogP contribution is 2.48. The zero-order valence-electron chi connectivity index (χ0n) is 22.4. The summed E-state index contributed by atoms with van der Waals surface area (Å²) in [6.07, 6.45) is 12.0. The predicted molar refractivity (Wildman–Crippen MR) is 149 cm³/mol. The zero-order valence-corrected chi connectivity index (χ0v) is 22.4. The number of carboxylic acid groups (broad SMARTS) is 1. The maximum Gasteiger partial charge on any atom is 0.339 e. The van der Waals surface area contributed by atoms with Gasteiger partial charge in [0.15, 0.2) is 0 Å². The number of carbonyl (C=O) groups is 2. The molecule has 2 saturated carbocycles. The van der Waals surface area contributed by atoms with E-state index in [1.54, 1.807) is 13.2 Å². The molecule has 3 fully saturated rings. The Labute approximate surface area is 225 Å². The molecule has 9 heteroatoms. The number of rotatable bonds is 10. The Kier molecular flexibility index (Phi) is 9.09. The SMILES string of the molecule is CN(N)/C=C(\N)C1CC1/C(Nc1cccc(C2CCCN(C(=O)CC3CCCCC3)C2)c1)=C(/C=N)C(=O)O. The average molecular weight is 523 g/mol. The summed E-state index contributed by atoms with van der Waals surface area (Å²) in [5.41, 5.74) is 9.09. The van der Waals surface area contributed by atoms with Crippen LogP contribution in [0, 0.1) is 23.2 Å². The van der Waals surface area contributed by atoms with Crippen molar-refractivity contribution in [2.24, 2.45) is 29.3 Å². The molecular formula is C29H42N6O3. The van der Waals surface area contributed by atoms with Gasteiger partial charge in [0, 0.05) is 73.8 Å². The topological polar surface area (TPSA) is 149 Å². The number of carbonyl (C=O) groups excluding carboxylic acids is 1. The minimum atomic E-state index is -1.15. The standard InChI is InChI=1S/C29H42N6O3/c1-34(32)18-26(31)23-15-24(23)28(25(16-30)29(37)38)33-22-11-5-9-20(14-22)21-10-6-12-35(17-21)27(36)13-19-7-3-2-4-8-19/h5,9,11,14,16,18-19,21,23-24,30,33H,2-4,6-8,10,12-13,15,17,31-32H2,1H3,(H,37,38)/b26-18-,28-25+,30-16?. The highest BCUT2D eigenvalue weighted by Gasteiger charge is 2.44. The number of hydrogen-bond donors (Lipinski definition) is 5. The molecule has 0 bridgehead atoms. The molecule has 0 aromatic heterocycles. The van der Waals surface area contributed by atoms with Crippen LogP contribution in [0.25, 0.3) is 0 Å². The molecule has 0 spiro atoms. The molecule has 7 N–H and O–H groups in total. The summed E-state index contributed by atoms with van der Waals surface area (Å²) >= 11 is 0. The van der Waals surface area contributed by atoms with Crippen LogP contribution in [-0.2, 0) is 9.59 Å². The quantitative estimate of drug-likeness (QED) is 0.135. The number of nitrogens with zero attached hydrogens (tertiary/aromatic N) is 2. The van der Waals surface area contributed by atoms with Crippen LogP contribution in [0.15, 0.2) is 47.4 Å². The summed E-state index contributed by atoms with van der Waals surface area (Å²) in [6, 6.07) is 8.01. The average Bonchev–Trinajstić information content (AvgIpc) is 3.70. The smallest absolute Gasteiger partial charge is 0.339 e. The number of carboxylic acids is 1. The molecule has 4 rings (SSSR count). The summed E-state index contributed by atoms with van der Waals surface area (Å²) < 4.78 is 0. The Balaban J connectivity index is 1.47. The number of piperidine rings is 1. The predicted octanol–water partition coefficient (Wildman–Crippen LogP) is 4.00. The van der Waals surface area contributed by atoms with Gasteiger partial charge in [-0.05, 0) is 55.7 Å². The van der Waals surface area contributed by atoms with Crippen LogP contribution in [0.5, 0.6) is 0 Å². The first-order valence-corrected chi connectivity index (χ1v) is 13.8. The van der Waals surface area contributed by atoms with Crippen molar-refractivity contribution in [3.8, 4) is 0 Å². The van der Waals surface area contributed by atoms with Crippen LogP contribution in [0.1, 0.15) is 69.3 Å². The van der Waals surface area contributed by atoms with Gasteiger partial charge in [0.25, 0.3) is 0 Å². The number of hydrogen-bond acceptors (Lipinski definition) is 7. The van der Waals surface area contributed by atoms with Crippen molar-refractivity contribution in [1.82, 2.24) is 9.91 Å². The fraction of sp³-hybridized carbons (Fsp3) is 0.552. The van der Waals surface area contributed by atoms with E-state index in [2.05, 4.69) is 11.4 Å². The Bertz CT molecular complexity index is 1090. The van der Waals surface area contributed by atoms with Gasteiger partial charge in [-0.15, -0.1) is 0 Å². The van der Waals surface area contributed by atoms with E-state index < -0.39 is 5.97 Å². The second kappa shape index (κ2) is 12.5. The van der Waals surface area contributed by atoms with Crippen molar-refractivity contribution >= 4 is 23.8 Å². The number of nitrogens with one attached hydrogen (secondary N) is 2. The molecule has 1 aromatic rings. The minimum absolute atomic E-state index is 0.0388. The van der Waals surface area contributed by atoms with Crippen molar-refractivity contribution in [3.05, 3.63) is 53.0 Å². The van der Waals surface area contributed by atoms with Crippen LogP contribution >= 0.6 is 0 Å². The first-order valence-electron chi connectivity index (χ1n) is 13.8. The normalized spacial score (nSPS) is 24.8. The molecule has 1 amide bonds. The Morgan fingerprint density at radius 3 is 2.63 bits per heavy atom. The first-order chi connectivity index (χ1) is 18.3. The van der Waals surface area contributed by atoms with Crippen molar-refractivity contribution in [2.75, 3.05) is 25.5 Å². The van der Waals surface area contributed by atoms with E-state index in [0.29, 0.717) is 30.2 Å². The molecule has 1 aromatic carbocycles. The van der Waals surface area contributed by atoms with Crippen molar-refractivity contribution in [2.45, 2.75) is 63.7 Å². The summed E-state index contributed by atoms with van der Waals surface area (Å²) in [7, 11) is 1.68. The third-order valence-electron chi connectivity index (χ3n) is 8.21. The Hall–Kier alpha value is -3.33. The van der Waals surface area contributed by atoms with Crippen LogP contribution in [0.4, 0.5) is 5.69 Å². The first kappa shape index (κ1) is 27.7. The van der Waals surface area contributed by atoms with Crippen LogP contribution < -0.4 is 16.9 Å². The van der Waals surface area contributed by atoms with Gasteiger partial charge in [0.1, 0.15) is 0 Å². The van der Waals surface area contributed by atoms with Gasteiger partial charge in [-0.3, -0.25) is 4.79 Å². The van der Waals surface area contributed by atoms with Crippen LogP contribution in [0.3, 0.4) is 0 Å². The Morgan fingerprint density at radius 1 is 1.18 bits per heavy atom. The van der Waals surface area contributed by atoms with E-state index in [4.69, 9.17) is 17.0 Å². The second-order valence-corrected chi connectivity index (χ2v) is 11.2. The van der Waals surface area contributed by atoms with Crippen LogP contribution in [0.2, 0.25) is 0 Å². The van der Waals surface area contributed by atoms with Gasteiger partial charge < -0.3 is 31.5 Å². The Morgan fingerprint density at radius 2 is 1.95 bits per heavy atom. The minimum Gasteiger partial charge on any atom is -0.478 e. The lowest BCUT2D eigenvalue weighted by molar-refractivity contribution is -0.134. The van der Waals surface area contributed by atoms with Crippen molar-refractivity contribution < 1.29 is 14.7 Å². The van der Waals surface area contributed by atoms with E-state index in [9.17, 15) is 14.7 Å². The fourth-order valence-electron chi connectivity index (χ4n) is 6.10. The number of anilines is 1. The van der Waals surface area contributed by atoms with Gasteiger partial charge in [0.05, 0.1) is 5.57 Å². The molecule has 1 heterocycles. The third-order valence-corrected chi connectivity index (χ3v) is 8.21. The molecule has 0 radical (unpaired) electrons. The number of amides is 1. The zero-order chi connectivity index (χ0) is 27.2. The monoisotopic (exact) mass is 522 g/mol. The van der Waals surface area contributed by atoms with Crippen molar-refractivity contribution in [1.29, 1.82) is 5.41 Å². The summed E-state index contributed by atoms with van der Waals surface area (Å²) in [6.45, 7) is 1.54. The summed E-state index contributed by atoms with van der Waals surface area (Å²) in [5, 5.41) is 22.2. The molecule has 206 valence electrons. The maximum atomic E-state index is 13.1. The molecule has 1 saturated heterocycles. The van der Waals surface area contributed by atoms with Crippen LogP contribution in [-0.4, -0.2) is 53.2 Å². The molecule has 3 aliphatic rings. The number of allylic oxidation sites excluding steroid dienone is 2. The van der Waals surface area contributed by atoms with Gasteiger partial charge in [-0.25, -0.2) is 10.6 Å². The fourth-order valence-corrected chi connectivity index (χ4v) is 6.10. The number of hydrazine groups is 1. The maximum absolute atomic E-state index is 13.1. The number of aliphatic carboxylic acids is 1. The van der Waals surface area contributed by atoms with E-state index in [0.717, 1.165) is 43.4 Å². The lowest BCUT2D eigenvalue weighted by atomic mass is 9.86. The molecule has 2 aliphatic carbocycles. The van der Waals surface area contributed by atoms with Gasteiger partial charge in [0.2, 0.25) is 5.91 Å². The number of benzene rings is 1. The van der Waals surface area contributed by atoms with E-state index in [1.807, 2.05) is 23.1 Å². The third kappa shape index (κ3) is 6.95. The molecule has 3 atom stereocenters. The molecule has 3 unspecified atom stereocenters. The van der Waals surface area contributed by atoms with E-state index >= 15 is 0 Å². The number of nitrogens with two attached hydrogens (primary N) is 2. The van der Waals surface area contributed by atoms with Gasteiger partial charge in [-0.2, -0.15) is 0 Å².